The van der Waals surface area contributed by atoms with Crippen LogP contribution in [0.15, 0.2) is 89.3 Å². The number of nitrogens with one attached hydrogen (secondary N) is 1. The highest BCUT2D eigenvalue weighted by Crippen LogP contribution is 2.32. The monoisotopic (exact) mass is 499 g/mol. The number of hydrogen-bond acceptors (Lipinski definition) is 7. The van der Waals surface area contributed by atoms with Gasteiger partial charge in [-0.3, -0.25) is 19.7 Å². The number of nitro benzene ring substituents is 1. The van der Waals surface area contributed by atoms with E-state index in [-0.39, 0.29) is 23.1 Å². The molecule has 7 nitrogen and oxygen atoms in total. The van der Waals surface area contributed by atoms with Gasteiger partial charge < -0.3 is 5.32 Å². The van der Waals surface area contributed by atoms with Crippen molar-refractivity contribution in [1.82, 2.24) is 4.98 Å². The summed E-state index contributed by atoms with van der Waals surface area (Å²) in [6.45, 7) is 0. The lowest BCUT2D eigenvalue weighted by atomic mass is 10.1. The minimum absolute atomic E-state index is 0.0380. The second-order valence-electron chi connectivity index (χ2n) is 7.69. The van der Waals surface area contributed by atoms with E-state index in [4.69, 9.17) is 0 Å². The van der Waals surface area contributed by atoms with Gasteiger partial charge in [0.1, 0.15) is 0 Å². The Morgan fingerprint density at radius 3 is 2.43 bits per heavy atom. The molecule has 1 heterocycles. The molecule has 0 radical (unpaired) electrons. The zero-order valence-corrected chi connectivity index (χ0v) is 19.8. The highest BCUT2D eigenvalue weighted by Gasteiger charge is 2.13. The molecule has 0 aliphatic rings. The van der Waals surface area contributed by atoms with Crippen molar-refractivity contribution < 1.29 is 14.5 Å². The number of ketones is 1. The van der Waals surface area contributed by atoms with Crippen LogP contribution in [-0.4, -0.2) is 27.4 Å². The number of fused-ring (bicyclic) bond motifs is 2. The molecule has 0 saturated carbocycles. The van der Waals surface area contributed by atoms with E-state index in [0.29, 0.717) is 16.8 Å². The van der Waals surface area contributed by atoms with Crippen LogP contribution in [0.5, 0.6) is 0 Å². The molecule has 0 unspecified atom stereocenters. The van der Waals surface area contributed by atoms with Crippen LogP contribution >= 0.6 is 23.1 Å². The van der Waals surface area contributed by atoms with E-state index in [1.807, 2.05) is 54.6 Å². The zero-order chi connectivity index (χ0) is 24.4. The first-order valence-electron chi connectivity index (χ1n) is 10.6. The second-order valence-corrected chi connectivity index (χ2v) is 9.95. The van der Waals surface area contributed by atoms with Crippen molar-refractivity contribution in [1.29, 1.82) is 0 Å². The third-order valence-corrected chi connectivity index (χ3v) is 7.53. The van der Waals surface area contributed by atoms with Gasteiger partial charge >= 0.3 is 0 Å². The van der Waals surface area contributed by atoms with Gasteiger partial charge in [-0.15, -0.1) is 11.3 Å². The van der Waals surface area contributed by atoms with Crippen LogP contribution in [0.25, 0.3) is 21.0 Å². The molecule has 0 atom stereocenters. The molecular weight excluding hydrogens is 482 g/mol. The maximum Gasteiger partial charge on any atom is 0.269 e. The fourth-order valence-corrected chi connectivity index (χ4v) is 5.56. The molecule has 35 heavy (non-hydrogen) atoms. The first kappa shape index (κ1) is 22.7. The second kappa shape index (κ2) is 9.65. The Morgan fingerprint density at radius 2 is 1.66 bits per heavy atom. The predicted octanol–water partition coefficient (Wildman–Crippen LogP) is 6.59. The van der Waals surface area contributed by atoms with Crippen molar-refractivity contribution in [2.75, 3.05) is 11.1 Å². The summed E-state index contributed by atoms with van der Waals surface area (Å²) in [5.74, 6) is -0.0440. The lowest BCUT2D eigenvalue weighted by Gasteiger charge is -2.05. The Hall–Kier alpha value is -4.08. The molecule has 1 amide bonds. The number of non-ortho nitro benzene ring substituents is 1. The minimum Gasteiger partial charge on any atom is -0.322 e. The molecule has 0 saturated heterocycles. The van der Waals surface area contributed by atoms with Gasteiger partial charge in [-0.2, -0.15) is 0 Å². The van der Waals surface area contributed by atoms with Crippen LogP contribution in [-0.2, 0) is 0 Å². The topological polar surface area (TPSA) is 102 Å². The van der Waals surface area contributed by atoms with E-state index < -0.39 is 4.92 Å². The van der Waals surface area contributed by atoms with Gasteiger partial charge in [-0.25, -0.2) is 4.98 Å². The van der Waals surface area contributed by atoms with Crippen LogP contribution in [0.1, 0.15) is 20.7 Å². The lowest BCUT2D eigenvalue weighted by Crippen LogP contribution is -2.11. The number of aromatic nitrogens is 1. The number of anilines is 1. The molecule has 1 aromatic heterocycles. The summed E-state index contributed by atoms with van der Waals surface area (Å²) < 4.78 is 1.65. The number of amides is 1. The van der Waals surface area contributed by atoms with Gasteiger partial charge in [0.05, 0.1) is 20.9 Å². The molecule has 1 N–H and O–H groups in total. The SMILES string of the molecule is O=C(CSc1nc2ccc(NC(=O)c3ccc([N+](=O)[O-])cc3)cc2s1)c1ccc2ccccc2c1. The van der Waals surface area contributed by atoms with Crippen molar-refractivity contribution in [2.45, 2.75) is 4.34 Å². The van der Waals surface area contributed by atoms with E-state index in [1.165, 1.54) is 47.4 Å². The average molecular weight is 500 g/mol. The van der Waals surface area contributed by atoms with Crippen molar-refractivity contribution >= 4 is 67.2 Å². The quantitative estimate of drug-likeness (QED) is 0.117. The van der Waals surface area contributed by atoms with E-state index in [2.05, 4.69) is 10.3 Å². The Labute approximate surface area is 208 Å². The average Bonchev–Trinajstić information content (AvgIpc) is 3.29. The number of carbonyl (C=O) groups excluding carboxylic acids is 2. The van der Waals surface area contributed by atoms with Crippen molar-refractivity contribution in [3.63, 3.8) is 0 Å². The third-order valence-electron chi connectivity index (χ3n) is 5.37. The molecule has 0 aliphatic carbocycles. The third kappa shape index (κ3) is 5.06. The zero-order valence-electron chi connectivity index (χ0n) is 18.1. The van der Waals surface area contributed by atoms with Crippen LogP contribution in [0.2, 0.25) is 0 Å². The van der Waals surface area contributed by atoms with Crippen molar-refractivity contribution in [3.8, 4) is 0 Å². The highest BCUT2D eigenvalue weighted by atomic mass is 32.2. The number of rotatable bonds is 7. The van der Waals surface area contributed by atoms with Gasteiger partial charge in [0, 0.05) is 28.9 Å². The molecule has 172 valence electrons. The Balaban J connectivity index is 1.25. The van der Waals surface area contributed by atoms with Gasteiger partial charge in [0.15, 0.2) is 10.1 Å². The number of benzene rings is 4. The van der Waals surface area contributed by atoms with Crippen molar-refractivity contribution in [3.05, 3.63) is 106 Å². The van der Waals surface area contributed by atoms with Gasteiger partial charge in [0.25, 0.3) is 11.6 Å². The van der Waals surface area contributed by atoms with E-state index >= 15 is 0 Å². The van der Waals surface area contributed by atoms with E-state index in [0.717, 1.165) is 25.3 Å². The maximum absolute atomic E-state index is 12.7. The predicted molar refractivity (Wildman–Crippen MR) is 140 cm³/mol. The van der Waals surface area contributed by atoms with Crippen LogP contribution in [0.3, 0.4) is 0 Å². The van der Waals surface area contributed by atoms with Crippen LogP contribution < -0.4 is 5.32 Å². The minimum atomic E-state index is -0.510. The smallest absolute Gasteiger partial charge is 0.269 e. The lowest BCUT2D eigenvalue weighted by molar-refractivity contribution is -0.384. The molecule has 0 aliphatic heterocycles. The molecule has 0 spiro atoms. The van der Waals surface area contributed by atoms with Crippen LogP contribution in [0, 0.1) is 10.1 Å². The van der Waals surface area contributed by atoms with Crippen molar-refractivity contribution in [2.24, 2.45) is 0 Å². The first-order chi connectivity index (χ1) is 17.0. The number of nitrogens with zero attached hydrogens (tertiary/aromatic N) is 2. The number of thioether (sulfide) groups is 1. The number of nitro groups is 1. The number of Topliss-reactive ketones (excluding diaryl/α,β-unsaturated/α-hetero) is 1. The summed E-state index contributed by atoms with van der Waals surface area (Å²) >= 11 is 2.84. The summed E-state index contributed by atoms with van der Waals surface area (Å²) in [6.07, 6.45) is 0. The summed E-state index contributed by atoms with van der Waals surface area (Å²) in [6, 6.07) is 24.5. The van der Waals surface area contributed by atoms with Gasteiger partial charge in [0.2, 0.25) is 0 Å². The molecule has 0 fully saturated rings. The molecule has 4 aromatic carbocycles. The summed E-state index contributed by atoms with van der Waals surface area (Å²) in [5, 5.41) is 15.7. The Bertz CT molecular complexity index is 1600. The normalized spacial score (nSPS) is 11.0. The summed E-state index contributed by atoms with van der Waals surface area (Å²) in [5.41, 5.74) is 2.30. The summed E-state index contributed by atoms with van der Waals surface area (Å²) in [7, 11) is 0. The van der Waals surface area contributed by atoms with E-state index in [1.54, 1.807) is 6.07 Å². The van der Waals surface area contributed by atoms with E-state index in [9.17, 15) is 19.7 Å². The van der Waals surface area contributed by atoms with Gasteiger partial charge in [-0.05, 0) is 47.2 Å². The standard InChI is InChI=1S/C26H17N3O4S2/c30-23(19-6-5-16-3-1-2-4-18(16)13-19)15-34-26-28-22-12-9-20(14-24(22)35-26)27-25(31)17-7-10-21(11-8-17)29(32)33/h1-14H,15H2,(H,27,31). The fraction of sp³-hybridized carbons (Fsp3) is 0.0385. The Kier molecular flexibility index (Phi) is 6.26. The summed E-state index contributed by atoms with van der Waals surface area (Å²) in [4.78, 5) is 40.1. The fourth-order valence-electron chi connectivity index (χ4n) is 3.55. The molecular formula is C26H17N3O4S2. The highest BCUT2D eigenvalue weighted by molar-refractivity contribution is 8.01. The molecule has 9 heteroatoms. The maximum atomic E-state index is 12.7. The number of thiazole rings is 1. The number of hydrogen-bond donors (Lipinski definition) is 1. The Morgan fingerprint density at radius 1 is 0.914 bits per heavy atom. The molecule has 0 bridgehead atoms. The molecule has 5 rings (SSSR count). The van der Waals surface area contributed by atoms with Gasteiger partial charge in [-0.1, -0.05) is 48.2 Å². The number of carbonyl (C=O) groups is 2. The van der Waals surface area contributed by atoms with Crippen LogP contribution in [0.4, 0.5) is 11.4 Å². The first-order valence-corrected chi connectivity index (χ1v) is 12.4. The largest absolute Gasteiger partial charge is 0.322 e. The molecule has 5 aromatic rings.